The van der Waals surface area contributed by atoms with Crippen LogP contribution in [-0.4, -0.2) is 18.5 Å². The molecule has 2 rings (SSSR count). The van der Waals surface area contributed by atoms with Crippen LogP contribution in [0.1, 0.15) is 19.3 Å². The van der Waals surface area contributed by atoms with Crippen molar-refractivity contribution in [3.8, 4) is 0 Å². The largest absolute Gasteiger partial charge is 0.382 e. The van der Waals surface area contributed by atoms with E-state index in [2.05, 4.69) is 10.6 Å². The fourth-order valence-corrected chi connectivity index (χ4v) is 1.88. The summed E-state index contributed by atoms with van der Waals surface area (Å²) in [4.78, 5) is 11.3. The van der Waals surface area contributed by atoms with E-state index in [1.54, 1.807) is 12.1 Å². The molecule has 3 nitrogen and oxygen atoms in total. The van der Waals surface area contributed by atoms with E-state index >= 15 is 0 Å². The van der Waals surface area contributed by atoms with Gasteiger partial charge in [-0.25, -0.2) is 4.39 Å². The number of carbonyl (C=O) groups is 1. The van der Waals surface area contributed by atoms with Gasteiger partial charge in [0.25, 0.3) is 0 Å². The Morgan fingerprint density at radius 3 is 2.81 bits per heavy atom. The predicted octanol–water partition coefficient (Wildman–Crippen LogP) is 1.91. The summed E-state index contributed by atoms with van der Waals surface area (Å²) in [5.74, 6) is -0.165. The fraction of sp³-hybridized carbons (Fsp3) is 0.417. The van der Waals surface area contributed by atoms with Crippen molar-refractivity contribution < 1.29 is 9.18 Å². The third kappa shape index (κ3) is 2.95. The number of halogens is 1. The Labute approximate surface area is 94.0 Å². The maximum atomic E-state index is 12.7. The first kappa shape index (κ1) is 10.9. The Hall–Kier alpha value is -1.58. The van der Waals surface area contributed by atoms with Crippen molar-refractivity contribution in [2.24, 2.45) is 0 Å². The molecule has 0 aromatic heterocycles. The van der Waals surface area contributed by atoms with Crippen molar-refractivity contribution in [2.75, 3.05) is 11.9 Å². The lowest BCUT2D eigenvalue weighted by atomic mass is 10.1. The van der Waals surface area contributed by atoms with Gasteiger partial charge in [-0.2, -0.15) is 0 Å². The molecule has 1 saturated heterocycles. The third-order valence-corrected chi connectivity index (χ3v) is 2.70. The molecule has 0 radical (unpaired) electrons. The van der Waals surface area contributed by atoms with Gasteiger partial charge in [0.1, 0.15) is 5.82 Å². The van der Waals surface area contributed by atoms with Crippen LogP contribution in [-0.2, 0) is 4.79 Å². The summed E-state index contributed by atoms with van der Waals surface area (Å²) in [5.41, 5.74) is 0.862. The van der Waals surface area contributed by atoms with E-state index in [4.69, 9.17) is 0 Å². The molecule has 0 saturated carbocycles. The maximum Gasteiger partial charge on any atom is 0.222 e. The molecule has 1 aliphatic rings. The average Bonchev–Trinajstić information content (AvgIpc) is 2.46. The van der Waals surface area contributed by atoms with E-state index in [0.29, 0.717) is 6.42 Å². The summed E-state index contributed by atoms with van der Waals surface area (Å²) < 4.78 is 12.7. The highest BCUT2D eigenvalue weighted by Gasteiger charge is 2.16. The minimum atomic E-state index is -0.246. The van der Waals surface area contributed by atoms with Crippen LogP contribution >= 0.6 is 0 Å². The number of amides is 1. The Bertz CT molecular complexity index is 364. The Balaban J connectivity index is 1.97. The topological polar surface area (TPSA) is 41.1 Å². The molecule has 1 aromatic carbocycles. The highest BCUT2D eigenvalue weighted by Crippen LogP contribution is 2.15. The van der Waals surface area contributed by atoms with Gasteiger partial charge in [-0.05, 0) is 37.1 Å². The predicted molar refractivity (Wildman–Crippen MR) is 60.7 cm³/mol. The fourth-order valence-electron chi connectivity index (χ4n) is 1.88. The molecule has 1 atom stereocenters. The molecule has 2 N–H and O–H groups in total. The molecule has 1 amide bonds. The number of nitrogens with one attached hydrogen (secondary N) is 2. The minimum absolute atomic E-state index is 0.0807. The van der Waals surface area contributed by atoms with Gasteiger partial charge in [0.15, 0.2) is 0 Å². The van der Waals surface area contributed by atoms with E-state index < -0.39 is 0 Å². The highest BCUT2D eigenvalue weighted by atomic mass is 19.1. The Kier molecular flexibility index (Phi) is 3.39. The standard InChI is InChI=1S/C12H15FN2O/c13-9-3-5-10(6-4-9)15-11-2-1-7-14-12(16)8-11/h3-6,11,15H,1-2,7-8H2,(H,14,16). The molecular weight excluding hydrogens is 207 g/mol. The lowest BCUT2D eigenvalue weighted by molar-refractivity contribution is -0.120. The van der Waals surface area contributed by atoms with Crippen molar-refractivity contribution in [2.45, 2.75) is 25.3 Å². The smallest absolute Gasteiger partial charge is 0.222 e. The van der Waals surface area contributed by atoms with Crippen LogP contribution < -0.4 is 10.6 Å². The highest BCUT2D eigenvalue weighted by molar-refractivity contribution is 5.77. The number of carbonyl (C=O) groups excluding carboxylic acids is 1. The van der Waals surface area contributed by atoms with Crippen LogP contribution in [0.5, 0.6) is 0 Å². The average molecular weight is 222 g/mol. The Morgan fingerprint density at radius 1 is 1.31 bits per heavy atom. The number of benzene rings is 1. The Morgan fingerprint density at radius 2 is 2.06 bits per heavy atom. The summed E-state index contributed by atoms with van der Waals surface area (Å²) in [6.45, 7) is 0.750. The first-order valence-corrected chi connectivity index (χ1v) is 5.53. The second-order valence-corrected chi connectivity index (χ2v) is 4.04. The molecule has 0 bridgehead atoms. The third-order valence-electron chi connectivity index (χ3n) is 2.70. The van der Waals surface area contributed by atoms with Crippen LogP contribution in [0.25, 0.3) is 0 Å². The van der Waals surface area contributed by atoms with Gasteiger partial charge >= 0.3 is 0 Å². The molecule has 4 heteroatoms. The second kappa shape index (κ2) is 4.96. The van der Waals surface area contributed by atoms with Crippen molar-refractivity contribution in [3.05, 3.63) is 30.1 Å². The van der Waals surface area contributed by atoms with Crippen LogP contribution in [0.4, 0.5) is 10.1 Å². The molecule has 1 aliphatic heterocycles. The van der Waals surface area contributed by atoms with E-state index in [9.17, 15) is 9.18 Å². The summed E-state index contributed by atoms with van der Waals surface area (Å²) >= 11 is 0. The molecule has 0 aliphatic carbocycles. The molecule has 1 unspecified atom stereocenters. The van der Waals surface area contributed by atoms with Crippen molar-refractivity contribution in [1.82, 2.24) is 5.32 Å². The summed E-state index contributed by atoms with van der Waals surface area (Å²) in [6.07, 6.45) is 2.41. The molecule has 1 heterocycles. The summed E-state index contributed by atoms with van der Waals surface area (Å²) in [5, 5.41) is 6.08. The van der Waals surface area contributed by atoms with E-state index in [1.807, 2.05) is 0 Å². The number of hydrogen-bond donors (Lipinski definition) is 2. The first-order valence-electron chi connectivity index (χ1n) is 5.53. The zero-order valence-electron chi connectivity index (χ0n) is 9.00. The van der Waals surface area contributed by atoms with Crippen molar-refractivity contribution in [3.63, 3.8) is 0 Å². The quantitative estimate of drug-likeness (QED) is 0.802. The van der Waals surface area contributed by atoms with Crippen LogP contribution in [0.3, 0.4) is 0 Å². The minimum Gasteiger partial charge on any atom is -0.382 e. The second-order valence-electron chi connectivity index (χ2n) is 4.04. The van der Waals surface area contributed by atoms with Gasteiger partial charge in [0.05, 0.1) is 0 Å². The number of hydrogen-bond acceptors (Lipinski definition) is 2. The lowest BCUT2D eigenvalue weighted by Crippen LogP contribution is -2.26. The zero-order chi connectivity index (χ0) is 11.4. The molecule has 1 fully saturated rings. The van der Waals surface area contributed by atoms with Crippen LogP contribution in [0, 0.1) is 5.82 Å². The van der Waals surface area contributed by atoms with E-state index in [-0.39, 0.29) is 17.8 Å². The summed E-state index contributed by atoms with van der Waals surface area (Å²) in [6, 6.07) is 6.36. The summed E-state index contributed by atoms with van der Waals surface area (Å²) in [7, 11) is 0. The van der Waals surface area contributed by atoms with Crippen molar-refractivity contribution in [1.29, 1.82) is 0 Å². The molecule has 16 heavy (non-hydrogen) atoms. The SMILES string of the molecule is O=C1CC(Nc2ccc(F)cc2)CCCN1. The van der Waals surface area contributed by atoms with Gasteiger partial charge in [-0.3, -0.25) is 4.79 Å². The van der Waals surface area contributed by atoms with E-state index in [1.165, 1.54) is 12.1 Å². The van der Waals surface area contributed by atoms with Gasteiger partial charge in [-0.1, -0.05) is 0 Å². The van der Waals surface area contributed by atoms with Gasteiger partial charge < -0.3 is 10.6 Å². The molecule has 86 valence electrons. The molecule has 0 spiro atoms. The first-order chi connectivity index (χ1) is 7.74. The number of anilines is 1. The maximum absolute atomic E-state index is 12.7. The normalized spacial score (nSPS) is 21.1. The van der Waals surface area contributed by atoms with Gasteiger partial charge in [0.2, 0.25) is 5.91 Å². The van der Waals surface area contributed by atoms with E-state index in [0.717, 1.165) is 25.1 Å². The van der Waals surface area contributed by atoms with Gasteiger partial charge in [-0.15, -0.1) is 0 Å². The lowest BCUT2D eigenvalue weighted by Gasteiger charge is -2.16. The number of rotatable bonds is 2. The van der Waals surface area contributed by atoms with Gasteiger partial charge in [0, 0.05) is 24.7 Å². The van der Waals surface area contributed by atoms with Crippen molar-refractivity contribution >= 4 is 11.6 Å². The molecular formula is C12H15FN2O. The molecule has 1 aromatic rings. The monoisotopic (exact) mass is 222 g/mol. The van der Waals surface area contributed by atoms with Crippen LogP contribution in [0.15, 0.2) is 24.3 Å². The zero-order valence-corrected chi connectivity index (χ0v) is 9.00. The van der Waals surface area contributed by atoms with Crippen LogP contribution in [0.2, 0.25) is 0 Å².